The maximum absolute atomic E-state index is 12.0. The predicted molar refractivity (Wildman–Crippen MR) is 81.9 cm³/mol. The molecule has 9 heteroatoms. The van der Waals surface area contributed by atoms with Gasteiger partial charge in [-0.3, -0.25) is 13.9 Å². The highest BCUT2D eigenvalue weighted by Crippen LogP contribution is 2.55. The van der Waals surface area contributed by atoms with Crippen LogP contribution < -0.4 is 0 Å². The number of hydrogen-bond donors (Lipinski definition) is 2. The highest BCUT2D eigenvalue weighted by Gasteiger charge is 2.58. The van der Waals surface area contributed by atoms with E-state index in [1.165, 1.54) is 28.4 Å². The number of carboxylic acid groups (broad SMARTS) is 1. The Morgan fingerprint density at radius 2 is 2.29 bits per heavy atom. The number of aliphatic hydroxyl groups excluding tert-OH is 1. The van der Waals surface area contributed by atoms with E-state index in [0.717, 1.165) is 6.42 Å². The standard InChI is InChI=1S/C12H15NO5S3/c1-5(14)7-9(15)13-8(11(16)17)12(20-10(7)13)19-6-2-3-21(18)4-6/h5-7,10,14H,2-4H2,1H3,(H,16,17)/t5-,6+,7+,10-,21-/m1/s1. The van der Waals surface area contributed by atoms with Gasteiger partial charge in [-0.15, -0.1) is 11.8 Å². The van der Waals surface area contributed by atoms with E-state index in [2.05, 4.69) is 0 Å². The first kappa shape index (κ1) is 15.4. The van der Waals surface area contributed by atoms with Crippen LogP contribution in [0.15, 0.2) is 9.93 Å². The lowest BCUT2D eigenvalue weighted by Gasteiger charge is -2.43. The van der Waals surface area contributed by atoms with Gasteiger partial charge in [-0.1, -0.05) is 11.8 Å². The van der Waals surface area contributed by atoms with Crippen molar-refractivity contribution in [2.45, 2.75) is 30.1 Å². The second-order valence-electron chi connectivity index (χ2n) is 5.26. The Labute approximate surface area is 132 Å². The number of carbonyl (C=O) groups excluding carboxylic acids is 1. The lowest BCUT2D eigenvalue weighted by atomic mass is 9.92. The van der Waals surface area contributed by atoms with Gasteiger partial charge in [-0.2, -0.15) is 0 Å². The van der Waals surface area contributed by atoms with Crippen LogP contribution in [0, 0.1) is 5.92 Å². The number of hydrogen-bond acceptors (Lipinski definition) is 6. The van der Waals surface area contributed by atoms with Crippen LogP contribution >= 0.6 is 23.5 Å². The van der Waals surface area contributed by atoms with E-state index in [-0.39, 0.29) is 22.2 Å². The molecule has 21 heavy (non-hydrogen) atoms. The molecule has 0 aliphatic carbocycles. The van der Waals surface area contributed by atoms with Crippen molar-refractivity contribution < 1.29 is 24.0 Å². The summed E-state index contributed by atoms with van der Waals surface area (Å²) in [5, 5.41) is 18.8. The maximum Gasteiger partial charge on any atom is 0.354 e. The fourth-order valence-electron chi connectivity index (χ4n) is 2.71. The van der Waals surface area contributed by atoms with E-state index in [1.807, 2.05) is 0 Å². The average molecular weight is 349 g/mol. The van der Waals surface area contributed by atoms with Crippen LogP contribution in [0.3, 0.4) is 0 Å². The van der Waals surface area contributed by atoms with Crippen LogP contribution in [0.5, 0.6) is 0 Å². The first-order valence-corrected chi connectivity index (χ1v) is 9.82. The molecule has 2 fully saturated rings. The molecule has 5 atom stereocenters. The van der Waals surface area contributed by atoms with E-state index in [0.29, 0.717) is 15.7 Å². The number of aliphatic carboxylic acids is 1. The molecule has 0 bridgehead atoms. The highest BCUT2D eigenvalue weighted by atomic mass is 32.2. The number of fused-ring (bicyclic) bond motifs is 1. The molecule has 3 aliphatic rings. The third-order valence-electron chi connectivity index (χ3n) is 3.78. The lowest BCUT2D eigenvalue weighted by molar-refractivity contribution is -0.156. The fraction of sp³-hybridized carbons (Fsp3) is 0.667. The number of rotatable bonds is 4. The van der Waals surface area contributed by atoms with Crippen LogP contribution in [-0.4, -0.2) is 59.4 Å². The first-order valence-electron chi connectivity index (χ1n) is 6.57. The third kappa shape index (κ3) is 2.54. The molecule has 1 amide bonds. The molecule has 0 aromatic carbocycles. The second kappa shape index (κ2) is 5.60. The summed E-state index contributed by atoms with van der Waals surface area (Å²) in [5.74, 6) is -0.768. The molecule has 0 saturated carbocycles. The zero-order chi connectivity index (χ0) is 15.3. The zero-order valence-corrected chi connectivity index (χ0v) is 13.7. The lowest BCUT2D eigenvalue weighted by Crippen LogP contribution is -2.60. The number of amides is 1. The Hall–Kier alpha value is -0.510. The van der Waals surface area contributed by atoms with Crippen molar-refractivity contribution in [3.63, 3.8) is 0 Å². The number of nitrogens with zero attached hydrogens (tertiary/aromatic N) is 1. The molecule has 0 aromatic heterocycles. The van der Waals surface area contributed by atoms with Crippen LogP contribution in [0.2, 0.25) is 0 Å². The van der Waals surface area contributed by atoms with Crippen LogP contribution in [0.25, 0.3) is 0 Å². The van der Waals surface area contributed by atoms with Gasteiger partial charge in [0.05, 0.1) is 16.3 Å². The Morgan fingerprint density at radius 3 is 2.81 bits per heavy atom. The summed E-state index contributed by atoms with van der Waals surface area (Å²) in [6, 6.07) is 0. The average Bonchev–Trinajstić information content (AvgIpc) is 2.91. The normalized spacial score (nSPS) is 36.7. The predicted octanol–water partition coefficient (Wildman–Crippen LogP) is 0.406. The molecule has 116 valence electrons. The van der Waals surface area contributed by atoms with E-state index in [1.54, 1.807) is 6.92 Å². The monoisotopic (exact) mass is 349 g/mol. The number of carbonyl (C=O) groups is 2. The van der Waals surface area contributed by atoms with Crippen LogP contribution in [0.1, 0.15) is 13.3 Å². The summed E-state index contributed by atoms with van der Waals surface area (Å²) in [5.41, 5.74) is 0.0228. The number of β-lactam (4-membered cyclic amide) rings is 1. The van der Waals surface area contributed by atoms with Gasteiger partial charge < -0.3 is 10.2 Å². The smallest absolute Gasteiger partial charge is 0.354 e. The van der Waals surface area contributed by atoms with Gasteiger partial charge in [0.15, 0.2) is 5.70 Å². The summed E-state index contributed by atoms with van der Waals surface area (Å²) in [6.45, 7) is 1.55. The van der Waals surface area contributed by atoms with Crippen molar-refractivity contribution in [2.24, 2.45) is 5.92 Å². The topological polar surface area (TPSA) is 94.9 Å². The molecule has 3 heterocycles. The minimum atomic E-state index is -1.12. The Morgan fingerprint density at radius 1 is 1.57 bits per heavy atom. The first-order chi connectivity index (χ1) is 9.90. The van der Waals surface area contributed by atoms with Gasteiger partial charge in [-0.25, -0.2) is 4.79 Å². The fourth-order valence-corrected chi connectivity index (χ4v) is 7.97. The largest absolute Gasteiger partial charge is 0.477 e. The maximum atomic E-state index is 12.0. The van der Waals surface area contributed by atoms with Crippen molar-refractivity contribution in [3.05, 3.63) is 9.93 Å². The van der Waals surface area contributed by atoms with Gasteiger partial charge >= 0.3 is 5.97 Å². The zero-order valence-electron chi connectivity index (χ0n) is 11.2. The van der Waals surface area contributed by atoms with Gasteiger partial charge in [0.1, 0.15) is 5.37 Å². The van der Waals surface area contributed by atoms with Crippen molar-refractivity contribution in [1.82, 2.24) is 4.90 Å². The molecule has 6 nitrogen and oxygen atoms in total. The van der Waals surface area contributed by atoms with Crippen molar-refractivity contribution in [2.75, 3.05) is 11.5 Å². The molecule has 3 aliphatic heterocycles. The Bertz CT molecular complexity index is 561. The molecule has 0 aromatic rings. The number of carboxylic acids is 1. The summed E-state index contributed by atoms with van der Waals surface area (Å²) >= 11 is 2.74. The van der Waals surface area contributed by atoms with E-state index >= 15 is 0 Å². The van der Waals surface area contributed by atoms with E-state index in [9.17, 15) is 24.0 Å². The number of aliphatic hydroxyl groups is 1. The Kier molecular flexibility index (Phi) is 4.10. The van der Waals surface area contributed by atoms with Crippen molar-refractivity contribution >= 4 is 46.2 Å². The summed E-state index contributed by atoms with van der Waals surface area (Å²) in [7, 11) is -0.819. The van der Waals surface area contributed by atoms with E-state index in [4.69, 9.17) is 0 Å². The summed E-state index contributed by atoms with van der Waals surface area (Å²) in [4.78, 5) is 24.8. The van der Waals surface area contributed by atoms with Gasteiger partial charge in [-0.05, 0) is 13.3 Å². The Balaban J connectivity index is 1.81. The summed E-state index contributed by atoms with van der Waals surface area (Å²) < 4.78 is 12.0. The van der Waals surface area contributed by atoms with Crippen LogP contribution in [-0.2, 0) is 20.4 Å². The molecular weight excluding hydrogens is 334 g/mol. The molecular formula is C12H15NO5S3. The van der Waals surface area contributed by atoms with Gasteiger partial charge in [0.25, 0.3) is 0 Å². The highest BCUT2D eigenvalue weighted by molar-refractivity contribution is 8.23. The summed E-state index contributed by atoms with van der Waals surface area (Å²) in [6.07, 6.45) is 0.0109. The molecule has 3 rings (SSSR count). The van der Waals surface area contributed by atoms with Crippen LogP contribution in [0.4, 0.5) is 0 Å². The quantitative estimate of drug-likeness (QED) is 0.710. The molecule has 2 saturated heterocycles. The molecule has 2 N–H and O–H groups in total. The third-order valence-corrected chi connectivity index (χ3v) is 8.33. The van der Waals surface area contributed by atoms with Crippen molar-refractivity contribution in [1.29, 1.82) is 0 Å². The van der Waals surface area contributed by atoms with Crippen molar-refractivity contribution in [3.8, 4) is 0 Å². The molecule has 0 spiro atoms. The van der Waals surface area contributed by atoms with E-state index < -0.39 is 28.8 Å². The minimum Gasteiger partial charge on any atom is -0.477 e. The van der Waals surface area contributed by atoms with Gasteiger partial charge in [0.2, 0.25) is 5.91 Å². The minimum absolute atomic E-state index is 0.0228. The molecule has 0 radical (unpaired) electrons. The van der Waals surface area contributed by atoms with Gasteiger partial charge in [0, 0.05) is 27.6 Å². The second-order valence-corrected chi connectivity index (χ2v) is 9.58. The number of thioether (sulfide) groups is 2. The SMILES string of the molecule is C[C@@H](O)[C@H]1C(=O)N2C(C(=O)O)=C(S[C@H]3CC[S@@](=O)C3)S[C@H]12. The molecule has 0 unspecified atom stereocenters.